The number of anilines is 2. The third kappa shape index (κ3) is 4.20. The maximum Gasteiger partial charge on any atom is 0.293 e. The van der Waals surface area contributed by atoms with Gasteiger partial charge >= 0.3 is 0 Å². The molecule has 188 valence electrons. The van der Waals surface area contributed by atoms with E-state index in [-0.39, 0.29) is 24.1 Å². The molecule has 0 unspecified atom stereocenters. The first kappa shape index (κ1) is 22.5. The highest BCUT2D eigenvalue weighted by molar-refractivity contribution is 6.01. The molecule has 3 N–H and O–H groups in total. The molecule has 0 spiro atoms. The van der Waals surface area contributed by atoms with Crippen molar-refractivity contribution < 1.29 is 18.9 Å². The van der Waals surface area contributed by atoms with Gasteiger partial charge in [-0.3, -0.25) is 4.79 Å². The third-order valence-corrected chi connectivity index (χ3v) is 6.34. The van der Waals surface area contributed by atoms with E-state index in [0.29, 0.717) is 29.4 Å². The average molecular weight is 502 g/mol. The van der Waals surface area contributed by atoms with Gasteiger partial charge in [-0.1, -0.05) is 23.4 Å². The summed E-state index contributed by atoms with van der Waals surface area (Å²) in [5, 5.41) is 20.0. The quantitative estimate of drug-likeness (QED) is 0.296. The first-order valence-corrected chi connectivity index (χ1v) is 11.7. The molecule has 0 saturated heterocycles. The summed E-state index contributed by atoms with van der Waals surface area (Å²) in [4.78, 5) is 15.4. The van der Waals surface area contributed by atoms with E-state index >= 15 is 0 Å². The molecule has 0 bridgehead atoms. The number of para-hydroxylation sites is 1. The second-order valence-corrected chi connectivity index (χ2v) is 8.63. The SMILES string of the molecule is C/C(=N\NC(=O)c1nnn(-c2nonc2N)c1CN1CCCc2ccccc21)c1ccc2c(c1)OCO2. The van der Waals surface area contributed by atoms with E-state index in [1.54, 1.807) is 13.0 Å². The number of ether oxygens (including phenoxy) is 2. The molecule has 4 heterocycles. The van der Waals surface area contributed by atoms with Crippen LogP contribution in [-0.2, 0) is 13.0 Å². The number of nitrogen functional groups attached to an aromatic ring is 1. The fourth-order valence-electron chi connectivity index (χ4n) is 4.46. The van der Waals surface area contributed by atoms with Crippen molar-refractivity contribution in [2.24, 2.45) is 5.10 Å². The fraction of sp³-hybridized carbons (Fsp3) is 0.250. The van der Waals surface area contributed by atoms with E-state index in [9.17, 15) is 4.79 Å². The summed E-state index contributed by atoms with van der Waals surface area (Å²) in [5.74, 6) is 0.967. The average Bonchev–Trinajstić information content (AvgIpc) is 3.66. The van der Waals surface area contributed by atoms with Crippen LogP contribution in [0.5, 0.6) is 11.5 Å². The fourth-order valence-corrected chi connectivity index (χ4v) is 4.46. The number of fused-ring (bicyclic) bond motifs is 2. The minimum atomic E-state index is -0.526. The highest BCUT2D eigenvalue weighted by Crippen LogP contribution is 2.33. The first-order chi connectivity index (χ1) is 18.1. The van der Waals surface area contributed by atoms with E-state index in [1.807, 2.05) is 24.3 Å². The van der Waals surface area contributed by atoms with Crippen molar-refractivity contribution in [3.05, 3.63) is 65.0 Å². The number of aromatic nitrogens is 5. The topological polar surface area (TPSA) is 159 Å². The summed E-state index contributed by atoms with van der Waals surface area (Å²) in [6.07, 6.45) is 1.97. The minimum absolute atomic E-state index is 0.0359. The van der Waals surface area contributed by atoms with Crippen molar-refractivity contribution in [1.29, 1.82) is 0 Å². The molecule has 2 aliphatic rings. The van der Waals surface area contributed by atoms with Gasteiger partial charge in [-0.25, -0.2) is 10.1 Å². The number of aryl methyl sites for hydroxylation is 1. The van der Waals surface area contributed by atoms with E-state index in [4.69, 9.17) is 19.8 Å². The lowest BCUT2D eigenvalue weighted by Crippen LogP contribution is -2.31. The highest BCUT2D eigenvalue weighted by Gasteiger charge is 2.27. The number of amides is 1. The van der Waals surface area contributed by atoms with Crippen LogP contribution in [0.2, 0.25) is 0 Å². The summed E-state index contributed by atoms with van der Waals surface area (Å²) in [5.41, 5.74) is 12.8. The van der Waals surface area contributed by atoms with Gasteiger partial charge in [0, 0.05) is 17.8 Å². The number of rotatable bonds is 6. The molecule has 37 heavy (non-hydrogen) atoms. The molecule has 0 fully saturated rings. The predicted molar refractivity (Wildman–Crippen MR) is 132 cm³/mol. The van der Waals surface area contributed by atoms with Crippen molar-refractivity contribution in [1.82, 2.24) is 30.7 Å². The monoisotopic (exact) mass is 501 g/mol. The lowest BCUT2D eigenvalue weighted by Gasteiger charge is -2.31. The number of hydrazone groups is 1. The van der Waals surface area contributed by atoms with Gasteiger partial charge in [-0.2, -0.15) is 9.78 Å². The second kappa shape index (κ2) is 9.26. The standard InChI is InChI=1S/C24H23N9O4/c1-14(16-8-9-19-20(11-16)36-13-35-19)26-28-24(34)21-18(33(31-27-21)23-22(25)29-37-30-23)12-32-10-4-6-15-5-2-3-7-17(15)32/h2-3,5,7-9,11H,4,6,10,12-13H2,1H3,(H2,25,29)(H,28,34)/b26-14+. The molecule has 0 aliphatic carbocycles. The summed E-state index contributed by atoms with van der Waals surface area (Å²) in [6, 6.07) is 13.6. The molecule has 0 atom stereocenters. The lowest BCUT2D eigenvalue weighted by atomic mass is 10.0. The molecule has 6 rings (SSSR count). The number of nitrogens with two attached hydrogens (primary N) is 1. The van der Waals surface area contributed by atoms with Gasteiger partial charge < -0.3 is 20.1 Å². The summed E-state index contributed by atoms with van der Waals surface area (Å²) >= 11 is 0. The van der Waals surface area contributed by atoms with Crippen molar-refractivity contribution in [3.63, 3.8) is 0 Å². The van der Waals surface area contributed by atoms with Crippen molar-refractivity contribution >= 4 is 23.1 Å². The number of carbonyl (C=O) groups excluding carboxylic acids is 1. The van der Waals surface area contributed by atoms with Crippen LogP contribution in [0.15, 0.2) is 52.2 Å². The van der Waals surface area contributed by atoms with Crippen LogP contribution in [0.3, 0.4) is 0 Å². The van der Waals surface area contributed by atoms with Crippen LogP contribution in [0, 0.1) is 0 Å². The Kier molecular flexibility index (Phi) is 5.63. The Morgan fingerprint density at radius 1 is 1.16 bits per heavy atom. The van der Waals surface area contributed by atoms with Crippen molar-refractivity contribution in [2.45, 2.75) is 26.3 Å². The van der Waals surface area contributed by atoms with E-state index in [1.165, 1.54) is 10.2 Å². The molecule has 13 nitrogen and oxygen atoms in total. The van der Waals surface area contributed by atoms with Crippen LogP contribution in [0.1, 0.15) is 40.7 Å². The van der Waals surface area contributed by atoms with Crippen LogP contribution in [0.25, 0.3) is 5.82 Å². The predicted octanol–water partition coefficient (Wildman–Crippen LogP) is 2.07. The number of carbonyl (C=O) groups is 1. The summed E-state index contributed by atoms with van der Waals surface area (Å²) < 4.78 is 16.9. The molecule has 2 aromatic carbocycles. The zero-order chi connectivity index (χ0) is 25.4. The molecule has 0 saturated carbocycles. The van der Waals surface area contributed by atoms with Crippen LogP contribution < -0.4 is 25.5 Å². The Bertz CT molecular complexity index is 1510. The largest absolute Gasteiger partial charge is 0.454 e. The molecule has 2 aliphatic heterocycles. The lowest BCUT2D eigenvalue weighted by molar-refractivity contribution is 0.0948. The van der Waals surface area contributed by atoms with Crippen molar-refractivity contribution in [2.75, 3.05) is 24.0 Å². The molecular weight excluding hydrogens is 478 g/mol. The zero-order valence-electron chi connectivity index (χ0n) is 19.9. The highest BCUT2D eigenvalue weighted by atomic mass is 16.7. The maximum absolute atomic E-state index is 13.3. The number of hydrogen-bond donors (Lipinski definition) is 2. The van der Waals surface area contributed by atoms with E-state index in [2.05, 4.69) is 48.2 Å². The number of hydrogen-bond acceptors (Lipinski definition) is 11. The molecule has 13 heteroatoms. The number of nitrogens with zero attached hydrogens (tertiary/aromatic N) is 7. The summed E-state index contributed by atoms with van der Waals surface area (Å²) in [7, 11) is 0. The Morgan fingerprint density at radius 2 is 2.03 bits per heavy atom. The molecule has 0 radical (unpaired) electrons. The van der Waals surface area contributed by atoms with Gasteiger partial charge in [-0.05, 0) is 59.9 Å². The Morgan fingerprint density at radius 3 is 2.89 bits per heavy atom. The maximum atomic E-state index is 13.3. The summed E-state index contributed by atoms with van der Waals surface area (Å²) in [6.45, 7) is 3.10. The van der Waals surface area contributed by atoms with E-state index in [0.717, 1.165) is 30.6 Å². The Hall–Kier alpha value is -4.94. The Balaban J connectivity index is 1.30. The van der Waals surface area contributed by atoms with Crippen LogP contribution in [-0.4, -0.2) is 50.3 Å². The minimum Gasteiger partial charge on any atom is -0.454 e. The van der Waals surface area contributed by atoms with Crippen LogP contribution >= 0.6 is 0 Å². The van der Waals surface area contributed by atoms with Gasteiger partial charge in [0.2, 0.25) is 18.4 Å². The van der Waals surface area contributed by atoms with Gasteiger partial charge in [0.05, 0.1) is 18.0 Å². The number of nitrogens with one attached hydrogen (secondary N) is 1. The van der Waals surface area contributed by atoms with E-state index < -0.39 is 5.91 Å². The van der Waals surface area contributed by atoms with Gasteiger partial charge in [0.15, 0.2) is 17.2 Å². The second-order valence-electron chi connectivity index (χ2n) is 8.63. The van der Waals surface area contributed by atoms with Gasteiger partial charge in [-0.15, -0.1) is 5.10 Å². The smallest absolute Gasteiger partial charge is 0.293 e. The van der Waals surface area contributed by atoms with Gasteiger partial charge in [0.25, 0.3) is 5.91 Å². The van der Waals surface area contributed by atoms with Crippen LogP contribution in [0.4, 0.5) is 11.5 Å². The molecule has 2 aromatic heterocycles. The molecule has 4 aromatic rings. The zero-order valence-corrected chi connectivity index (χ0v) is 19.9. The third-order valence-electron chi connectivity index (χ3n) is 6.34. The normalized spacial score (nSPS) is 14.5. The molecule has 1 amide bonds. The van der Waals surface area contributed by atoms with Crippen molar-refractivity contribution in [3.8, 4) is 17.3 Å². The van der Waals surface area contributed by atoms with Gasteiger partial charge in [0.1, 0.15) is 0 Å². The Labute approximate surface area is 210 Å². The number of benzene rings is 2. The molecular formula is C24H23N9O4. The first-order valence-electron chi connectivity index (χ1n) is 11.7.